The molecule has 3 aromatic rings. The van der Waals surface area contributed by atoms with E-state index < -0.39 is 12.2 Å². The summed E-state index contributed by atoms with van der Waals surface area (Å²) in [5.41, 5.74) is 3.58. The summed E-state index contributed by atoms with van der Waals surface area (Å²) in [7, 11) is 0. The molecule has 0 unspecified atom stereocenters. The molecule has 1 aromatic heterocycles. The molecule has 7 heteroatoms. The molecule has 2 aliphatic heterocycles. The van der Waals surface area contributed by atoms with Gasteiger partial charge >= 0.3 is 0 Å². The second kappa shape index (κ2) is 8.35. The Morgan fingerprint density at radius 3 is 2.77 bits per heavy atom. The second-order valence-electron chi connectivity index (χ2n) is 7.74. The van der Waals surface area contributed by atoms with Crippen LogP contribution in [0.1, 0.15) is 12.0 Å². The lowest BCUT2D eigenvalue weighted by Crippen LogP contribution is -2.39. The number of likely N-dealkylation sites (tertiary alicyclic amines) is 1. The molecule has 1 N–H and O–H groups in total. The first-order valence-corrected chi connectivity index (χ1v) is 10.2. The lowest BCUT2D eigenvalue weighted by atomic mass is 10.1. The van der Waals surface area contributed by atoms with Crippen molar-refractivity contribution in [1.29, 1.82) is 0 Å². The van der Waals surface area contributed by atoms with E-state index in [1.54, 1.807) is 12.4 Å². The maximum atomic E-state index is 14.3. The van der Waals surface area contributed by atoms with E-state index in [9.17, 15) is 9.18 Å². The zero-order chi connectivity index (χ0) is 21.2. The molecule has 1 fully saturated rings. The number of rotatable bonds is 5. The fourth-order valence-corrected chi connectivity index (χ4v) is 4.13. The molecular weight excluding hydrogens is 397 g/mol. The third-order valence-electron chi connectivity index (χ3n) is 5.65. The van der Waals surface area contributed by atoms with Crippen LogP contribution in [0.3, 0.4) is 0 Å². The molecule has 0 bridgehead atoms. The maximum absolute atomic E-state index is 14.3. The lowest BCUT2D eigenvalue weighted by molar-refractivity contribution is -0.120. The number of anilines is 1. The highest BCUT2D eigenvalue weighted by Gasteiger charge is 2.37. The Kier molecular flexibility index (Phi) is 5.26. The van der Waals surface area contributed by atoms with Crippen molar-refractivity contribution in [2.45, 2.75) is 25.2 Å². The maximum Gasteiger partial charge on any atom is 0.241 e. The van der Waals surface area contributed by atoms with Gasteiger partial charge in [-0.05, 0) is 35.4 Å². The second-order valence-corrected chi connectivity index (χ2v) is 7.74. The van der Waals surface area contributed by atoms with Crippen LogP contribution in [0.2, 0.25) is 0 Å². The number of carbonyl (C=O) groups excluding carboxylic acids is 1. The highest BCUT2D eigenvalue weighted by Crippen LogP contribution is 2.37. The first-order chi connectivity index (χ1) is 15.2. The van der Waals surface area contributed by atoms with Gasteiger partial charge < -0.3 is 14.8 Å². The van der Waals surface area contributed by atoms with Crippen molar-refractivity contribution in [3.8, 4) is 22.6 Å². The normalized spacial score (nSPS) is 20.0. The average Bonchev–Trinajstić information content (AvgIpc) is 3.42. The van der Waals surface area contributed by atoms with Crippen LogP contribution in [0.4, 0.5) is 10.1 Å². The molecule has 2 aliphatic rings. The van der Waals surface area contributed by atoms with E-state index in [1.807, 2.05) is 59.5 Å². The van der Waals surface area contributed by atoms with Gasteiger partial charge in [0.1, 0.15) is 6.17 Å². The smallest absolute Gasteiger partial charge is 0.241 e. The fraction of sp³-hybridized carbons (Fsp3) is 0.250. The molecule has 5 rings (SSSR count). The minimum atomic E-state index is -1.04. The molecule has 158 valence electrons. The van der Waals surface area contributed by atoms with Gasteiger partial charge in [0.2, 0.25) is 12.7 Å². The van der Waals surface area contributed by atoms with Gasteiger partial charge in [-0.1, -0.05) is 30.3 Å². The topological polar surface area (TPSA) is 63.7 Å². The number of pyridine rings is 1. The van der Waals surface area contributed by atoms with Gasteiger partial charge in [0.15, 0.2) is 11.5 Å². The SMILES string of the molecule is O=C(Nc1ccc(-c2cccnc2)cc1)[C@H]1C[C@H](F)CN1Cc1cccc2c1OCO2. The number of hydrogen-bond donors (Lipinski definition) is 1. The Bertz CT molecular complexity index is 1080. The predicted octanol–water partition coefficient (Wildman–Crippen LogP) is 4.03. The quantitative estimate of drug-likeness (QED) is 0.677. The number of hydrogen-bond acceptors (Lipinski definition) is 5. The van der Waals surface area contributed by atoms with Gasteiger partial charge in [0.05, 0.1) is 6.04 Å². The third kappa shape index (κ3) is 4.09. The van der Waals surface area contributed by atoms with Crippen molar-refractivity contribution < 1.29 is 18.7 Å². The van der Waals surface area contributed by atoms with E-state index in [2.05, 4.69) is 10.3 Å². The number of nitrogens with one attached hydrogen (secondary N) is 1. The lowest BCUT2D eigenvalue weighted by Gasteiger charge is -2.24. The zero-order valence-corrected chi connectivity index (χ0v) is 16.8. The molecule has 3 heterocycles. The molecule has 0 saturated carbocycles. The van der Waals surface area contributed by atoms with Gasteiger partial charge in [-0.15, -0.1) is 0 Å². The number of alkyl halides is 1. The molecule has 2 aromatic carbocycles. The van der Waals surface area contributed by atoms with E-state index in [0.717, 1.165) is 16.7 Å². The van der Waals surface area contributed by atoms with E-state index >= 15 is 0 Å². The number of nitrogens with zero attached hydrogens (tertiary/aromatic N) is 2. The monoisotopic (exact) mass is 419 g/mol. The van der Waals surface area contributed by atoms with Crippen LogP contribution in [0, 0.1) is 0 Å². The number of para-hydroxylation sites is 1. The van der Waals surface area contributed by atoms with Crippen molar-refractivity contribution in [1.82, 2.24) is 9.88 Å². The summed E-state index contributed by atoms with van der Waals surface area (Å²) >= 11 is 0. The highest BCUT2D eigenvalue weighted by atomic mass is 19.1. The number of carbonyl (C=O) groups is 1. The summed E-state index contributed by atoms with van der Waals surface area (Å²) in [4.78, 5) is 19.0. The van der Waals surface area contributed by atoms with Gasteiger partial charge in [-0.2, -0.15) is 0 Å². The van der Waals surface area contributed by atoms with Crippen molar-refractivity contribution in [2.24, 2.45) is 0 Å². The summed E-state index contributed by atoms with van der Waals surface area (Å²) < 4.78 is 25.2. The molecule has 6 nitrogen and oxygen atoms in total. The zero-order valence-electron chi connectivity index (χ0n) is 16.8. The van der Waals surface area contributed by atoms with Crippen LogP contribution in [0.5, 0.6) is 11.5 Å². The summed E-state index contributed by atoms with van der Waals surface area (Å²) in [6.45, 7) is 0.810. The van der Waals surface area contributed by atoms with Crippen LogP contribution in [0.15, 0.2) is 67.0 Å². The third-order valence-corrected chi connectivity index (χ3v) is 5.65. The average molecular weight is 419 g/mol. The van der Waals surface area contributed by atoms with Gasteiger partial charge in [-0.25, -0.2) is 4.39 Å². The minimum Gasteiger partial charge on any atom is -0.454 e. The largest absolute Gasteiger partial charge is 0.454 e. The van der Waals surface area contributed by atoms with E-state index in [4.69, 9.17) is 9.47 Å². The van der Waals surface area contributed by atoms with Crippen molar-refractivity contribution >= 4 is 11.6 Å². The molecule has 1 saturated heterocycles. The summed E-state index contributed by atoms with van der Waals surface area (Å²) in [6.07, 6.45) is 2.65. The summed E-state index contributed by atoms with van der Waals surface area (Å²) in [5.74, 6) is 1.15. The Morgan fingerprint density at radius 1 is 1.10 bits per heavy atom. The van der Waals surface area contributed by atoms with Crippen LogP contribution in [0.25, 0.3) is 11.1 Å². The molecule has 1 amide bonds. The van der Waals surface area contributed by atoms with E-state index in [0.29, 0.717) is 23.7 Å². The Balaban J connectivity index is 1.28. The van der Waals surface area contributed by atoms with Crippen LogP contribution < -0.4 is 14.8 Å². The number of amides is 1. The van der Waals surface area contributed by atoms with Crippen LogP contribution in [-0.4, -0.2) is 41.3 Å². The molecule has 31 heavy (non-hydrogen) atoms. The first-order valence-electron chi connectivity index (χ1n) is 10.2. The number of aromatic nitrogens is 1. The molecule has 2 atom stereocenters. The Morgan fingerprint density at radius 2 is 1.97 bits per heavy atom. The molecule has 0 radical (unpaired) electrons. The van der Waals surface area contributed by atoms with Gasteiger partial charge in [-0.3, -0.25) is 14.7 Å². The molecule has 0 spiro atoms. The van der Waals surface area contributed by atoms with E-state index in [-0.39, 0.29) is 25.7 Å². The van der Waals surface area contributed by atoms with E-state index in [1.165, 1.54) is 0 Å². The standard InChI is InChI=1S/C24H22FN3O3/c25-19-11-21(28(14-19)13-18-3-1-5-22-23(18)31-15-30-22)24(29)27-20-8-6-16(7-9-20)17-4-2-10-26-12-17/h1-10,12,19,21H,11,13-15H2,(H,27,29)/t19-,21+/m0/s1. The number of halogens is 1. The van der Waals surface area contributed by atoms with Crippen LogP contribution in [-0.2, 0) is 11.3 Å². The van der Waals surface area contributed by atoms with Gasteiger partial charge in [0.25, 0.3) is 0 Å². The number of ether oxygens (including phenoxy) is 2. The molecule has 0 aliphatic carbocycles. The van der Waals surface area contributed by atoms with Crippen molar-refractivity contribution in [3.63, 3.8) is 0 Å². The van der Waals surface area contributed by atoms with Crippen molar-refractivity contribution in [3.05, 3.63) is 72.6 Å². The predicted molar refractivity (Wildman–Crippen MR) is 115 cm³/mol. The Labute approximate surface area is 179 Å². The fourth-order valence-electron chi connectivity index (χ4n) is 4.13. The minimum absolute atomic E-state index is 0.173. The summed E-state index contributed by atoms with van der Waals surface area (Å²) in [6, 6.07) is 16.5. The molecular formula is C24H22FN3O3. The number of fused-ring (bicyclic) bond motifs is 1. The van der Waals surface area contributed by atoms with Gasteiger partial charge in [0, 0.05) is 43.2 Å². The summed E-state index contributed by atoms with van der Waals surface area (Å²) in [5, 5.41) is 2.93. The number of benzene rings is 2. The Hall–Kier alpha value is -3.45. The van der Waals surface area contributed by atoms with Crippen LogP contribution >= 0.6 is 0 Å². The first kappa shape index (κ1) is 19.5. The highest BCUT2D eigenvalue weighted by molar-refractivity contribution is 5.95. The van der Waals surface area contributed by atoms with Crippen molar-refractivity contribution in [2.75, 3.05) is 18.7 Å².